The van der Waals surface area contributed by atoms with E-state index in [0.29, 0.717) is 18.9 Å². The standard InChI is InChI=1S/C17H30N2O2S/c1-13(2)15-8-10-16(11-9-15)19-17(20)7-5-6-12-18-22(21)14(3)4/h8,10,13-14,18H,5-7,9,11-12H2,1-4H3,(H,19,20). The Kier molecular flexibility index (Phi) is 8.83. The molecule has 0 aromatic heterocycles. The van der Waals surface area contributed by atoms with E-state index in [-0.39, 0.29) is 11.2 Å². The Balaban J connectivity index is 2.17. The largest absolute Gasteiger partial charge is 0.598 e. The van der Waals surface area contributed by atoms with Gasteiger partial charge in [0.2, 0.25) is 5.91 Å². The van der Waals surface area contributed by atoms with Gasteiger partial charge in [0.05, 0.1) is 0 Å². The molecule has 0 saturated carbocycles. The molecule has 1 amide bonds. The van der Waals surface area contributed by atoms with Gasteiger partial charge in [-0.3, -0.25) is 4.79 Å². The van der Waals surface area contributed by atoms with Crippen LogP contribution in [-0.2, 0) is 16.2 Å². The maximum atomic E-state index is 11.9. The van der Waals surface area contributed by atoms with Crippen molar-refractivity contribution in [3.8, 4) is 0 Å². The van der Waals surface area contributed by atoms with Gasteiger partial charge in [-0.1, -0.05) is 25.5 Å². The van der Waals surface area contributed by atoms with Crippen LogP contribution in [0.5, 0.6) is 0 Å². The second-order valence-corrected chi connectivity index (χ2v) is 8.16. The quantitative estimate of drug-likeness (QED) is 0.505. The summed E-state index contributed by atoms with van der Waals surface area (Å²) < 4.78 is 14.5. The summed E-state index contributed by atoms with van der Waals surface area (Å²) >= 11 is -0.965. The molecular weight excluding hydrogens is 296 g/mol. The summed E-state index contributed by atoms with van der Waals surface area (Å²) in [6, 6.07) is 0. The number of nitrogens with one attached hydrogen (secondary N) is 2. The molecule has 0 fully saturated rings. The molecule has 22 heavy (non-hydrogen) atoms. The molecule has 2 N–H and O–H groups in total. The lowest BCUT2D eigenvalue weighted by Gasteiger charge is -2.18. The van der Waals surface area contributed by atoms with Crippen molar-refractivity contribution < 1.29 is 9.35 Å². The molecule has 0 heterocycles. The van der Waals surface area contributed by atoms with Crippen LogP contribution in [0, 0.1) is 5.92 Å². The number of amides is 1. The van der Waals surface area contributed by atoms with E-state index >= 15 is 0 Å². The highest BCUT2D eigenvalue weighted by molar-refractivity contribution is 7.90. The Labute approximate surface area is 138 Å². The number of rotatable bonds is 9. The molecule has 0 spiro atoms. The zero-order chi connectivity index (χ0) is 16.5. The van der Waals surface area contributed by atoms with Gasteiger partial charge in [0.25, 0.3) is 0 Å². The topological polar surface area (TPSA) is 64.2 Å². The second-order valence-electron chi connectivity index (χ2n) is 6.33. The Morgan fingerprint density at radius 3 is 2.50 bits per heavy atom. The average molecular weight is 327 g/mol. The second kappa shape index (κ2) is 10.1. The molecule has 1 unspecified atom stereocenters. The number of hydrogen-bond donors (Lipinski definition) is 2. The third-order valence-electron chi connectivity index (χ3n) is 3.73. The molecule has 0 radical (unpaired) electrons. The van der Waals surface area contributed by atoms with E-state index in [1.165, 1.54) is 5.57 Å². The number of hydrogen-bond acceptors (Lipinski definition) is 3. The fourth-order valence-corrected chi connectivity index (χ4v) is 2.91. The number of carbonyl (C=O) groups excluding carboxylic acids is 1. The van der Waals surface area contributed by atoms with Gasteiger partial charge < -0.3 is 9.87 Å². The van der Waals surface area contributed by atoms with Crippen LogP contribution < -0.4 is 10.0 Å². The van der Waals surface area contributed by atoms with E-state index in [9.17, 15) is 9.35 Å². The first-order chi connectivity index (χ1) is 10.4. The first kappa shape index (κ1) is 19.3. The van der Waals surface area contributed by atoms with Crippen LogP contribution >= 0.6 is 0 Å². The Morgan fingerprint density at radius 1 is 1.23 bits per heavy atom. The third kappa shape index (κ3) is 7.47. The lowest BCUT2D eigenvalue weighted by Crippen LogP contribution is -2.31. The zero-order valence-corrected chi connectivity index (χ0v) is 15.1. The predicted molar refractivity (Wildman–Crippen MR) is 93.5 cm³/mol. The van der Waals surface area contributed by atoms with Crippen LogP contribution in [0.2, 0.25) is 0 Å². The van der Waals surface area contributed by atoms with Crippen LogP contribution in [0.25, 0.3) is 0 Å². The van der Waals surface area contributed by atoms with E-state index in [2.05, 4.69) is 30.0 Å². The Bertz CT molecular complexity index is 417. The summed E-state index contributed by atoms with van der Waals surface area (Å²) in [4.78, 5) is 11.9. The highest BCUT2D eigenvalue weighted by Crippen LogP contribution is 2.22. The smallest absolute Gasteiger partial charge is 0.224 e. The minimum atomic E-state index is -0.965. The molecular formula is C17H30N2O2S. The summed E-state index contributed by atoms with van der Waals surface area (Å²) in [5.41, 5.74) is 2.47. The third-order valence-corrected chi connectivity index (χ3v) is 5.07. The van der Waals surface area contributed by atoms with Gasteiger partial charge >= 0.3 is 0 Å². The first-order valence-electron chi connectivity index (χ1n) is 8.23. The average Bonchev–Trinajstić information content (AvgIpc) is 2.47. The Hall–Kier alpha value is -0.780. The minimum Gasteiger partial charge on any atom is -0.598 e. The monoisotopic (exact) mass is 326 g/mol. The van der Waals surface area contributed by atoms with Crippen molar-refractivity contribution in [3.63, 3.8) is 0 Å². The van der Waals surface area contributed by atoms with Crippen molar-refractivity contribution in [1.29, 1.82) is 0 Å². The van der Waals surface area contributed by atoms with Gasteiger partial charge in [-0.15, -0.1) is 4.72 Å². The summed E-state index contributed by atoms with van der Waals surface area (Å²) in [6.45, 7) is 8.94. The van der Waals surface area contributed by atoms with Crippen molar-refractivity contribution in [1.82, 2.24) is 10.0 Å². The molecule has 0 bridgehead atoms. The normalized spacial score (nSPS) is 16.5. The van der Waals surface area contributed by atoms with Crippen molar-refractivity contribution in [2.24, 2.45) is 5.92 Å². The molecule has 0 aliphatic heterocycles. The molecule has 0 aromatic carbocycles. The van der Waals surface area contributed by atoms with Crippen molar-refractivity contribution in [3.05, 3.63) is 23.4 Å². The van der Waals surface area contributed by atoms with E-state index in [4.69, 9.17) is 0 Å². The molecule has 0 aromatic rings. The highest BCUT2D eigenvalue weighted by atomic mass is 32.2. The van der Waals surface area contributed by atoms with Gasteiger partial charge in [0, 0.05) is 30.0 Å². The maximum Gasteiger partial charge on any atom is 0.224 e. The first-order valence-corrected chi connectivity index (χ1v) is 9.45. The van der Waals surface area contributed by atoms with Gasteiger partial charge in [-0.05, 0) is 51.5 Å². The van der Waals surface area contributed by atoms with E-state index < -0.39 is 11.4 Å². The summed E-state index contributed by atoms with van der Waals surface area (Å²) in [5, 5.41) is 3.12. The van der Waals surface area contributed by atoms with E-state index in [0.717, 1.165) is 31.4 Å². The molecule has 1 atom stereocenters. The van der Waals surface area contributed by atoms with Gasteiger partial charge in [-0.2, -0.15) is 0 Å². The van der Waals surface area contributed by atoms with Crippen LogP contribution in [0.3, 0.4) is 0 Å². The van der Waals surface area contributed by atoms with Gasteiger partial charge in [-0.25, -0.2) is 0 Å². The van der Waals surface area contributed by atoms with Crippen LogP contribution in [-0.4, -0.2) is 22.3 Å². The van der Waals surface area contributed by atoms with E-state index in [1.807, 2.05) is 19.9 Å². The molecule has 1 aliphatic rings. The SMILES string of the molecule is CC(C)C1=CC=C(NC(=O)CCCCN[S+]([O-])C(C)C)CC1. The van der Waals surface area contributed by atoms with Gasteiger partial charge in [0.1, 0.15) is 5.25 Å². The predicted octanol–water partition coefficient (Wildman–Crippen LogP) is 3.19. The van der Waals surface area contributed by atoms with Crippen LogP contribution in [0.1, 0.15) is 59.8 Å². The molecule has 1 aliphatic carbocycles. The Morgan fingerprint density at radius 2 is 1.95 bits per heavy atom. The summed E-state index contributed by atoms with van der Waals surface area (Å²) in [7, 11) is 0. The lowest BCUT2D eigenvalue weighted by atomic mass is 9.93. The number of allylic oxidation sites excluding steroid dienone is 4. The maximum absolute atomic E-state index is 11.9. The number of carbonyl (C=O) groups is 1. The zero-order valence-electron chi connectivity index (χ0n) is 14.3. The van der Waals surface area contributed by atoms with Crippen molar-refractivity contribution in [2.75, 3.05) is 6.54 Å². The summed E-state index contributed by atoms with van der Waals surface area (Å²) in [5.74, 6) is 0.662. The minimum absolute atomic E-state index is 0.0811. The van der Waals surface area contributed by atoms with Gasteiger partial charge in [0.15, 0.2) is 0 Å². The number of unbranched alkanes of at least 4 members (excludes halogenated alkanes) is 1. The van der Waals surface area contributed by atoms with E-state index in [1.54, 1.807) is 0 Å². The highest BCUT2D eigenvalue weighted by Gasteiger charge is 2.12. The molecule has 5 heteroatoms. The van der Waals surface area contributed by atoms with Crippen LogP contribution in [0.4, 0.5) is 0 Å². The molecule has 1 rings (SSSR count). The summed E-state index contributed by atoms with van der Waals surface area (Å²) in [6.07, 6.45) is 8.32. The fraction of sp³-hybridized carbons (Fsp3) is 0.706. The fourth-order valence-electron chi connectivity index (χ4n) is 2.23. The molecule has 4 nitrogen and oxygen atoms in total. The molecule has 126 valence electrons. The molecule has 0 saturated heterocycles. The lowest BCUT2D eigenvalue weighted by molar-refractivity contribution is -0.120. The van der Waals surface area contributed by atoms with Crippen molar-refractivity contribution >= 4 is 17.3 Å². The van der Waals surface area contributed by atoms with Crippen molar-refractivity contribution in [2.45, 2.75) is 65.0 Å². The van der Waals surface area contributed by atoms with Crippen LogP contribution in [0.15, 0.2) is 23.4 Å².